The summed E-state index contributed by atoms with van der Waals surface area (Å²) in [5.41, 5.74) is 1.32. The van der Waals surface area contributed by atoms with Crippen LogP contribution in [-0.4, -0.2) is 19.0 Å². The third kappa shape index (κ3) is 2.69. The highest BCUT2D eigenvalue weighted by atomic mass is 16.5. The van der Waals surface area contributed by atoms with Crippen LogP contribution in [0.15, 0.2) is 18.2 Å². The lowest BCUT2D eigenvalue weighted by molar-refractivity contribution is -0.143. The molecule has 0 amide bonds. The molecule has 1 aliphatic rings. The van der Waals surface area contributed by atoms with Gasteiger partial charge in [-0.05, 0) is 43.4 Å². The van der Waals surface area contributed by atoms with Gasteiger partial charge in [0, 0.05) is 6.42 Å². The highest BCUT2D eigenvalue weighted by molar-refractivity contribution is 5.86. The zero-order chi connectivity index (χ0) is 14.8. The maximum absolute atomic E-state index is 11.8. The summed E-state index contributed by atoms with van der Waals surface area (Å²) < 4.78 is 10.2. The van der Waals surface area contributed by atoms with E-state index in [4.69, 9.17) is 9.47 Å². The van der Waals surface area contributed by atoms with E-state index in [9.17, 15) is 9.59 Å². The molecule has 0 spiro atoms. The minimum Gasteiger partial charge on any atom is -0.468 e. The Morgan fingerprint density at radius 2 is 2.00 bits per heavy atom. The summed E-state index contributed by atoms with van der Waals surface area (Å²) in [6, 6.07) is 5.53. The van der Waals surface area contributed by atoms with E-state index in [-0.39, 0.29) is 11.9 Å². The maximum atomic E-state index is 11.8. The molecule has 0 radical (unpaired) electrons. The number of methoxy groups -OCH3 is 1. The van der Waals surface area contributed by atoms with E-state index in [2.05, 4.69) is 0 Å². The van der Waals surface area contributed by atoms with Gasteiger partial charge in [0.25, 0.3) is 0 Å². The maximum Gasteiger partial charge on any atom is 0.316 e. The van der Waals surface area contributed by atoms with Crippen LogP contribution < -0.4 is 4.74 Å². The van der Waals surface area contributed by atoms with E-state index in [0.29, 0.717) is 12.2 Å². The molecule has 0 N–H and O–H groups in total. The van der Waals surface area contributed by atoms with E-state index >= 15 is 0 Å². The highest BCUT2D eigenvalue weighted by Crippen LogP contribution is 2.49. The zero-order valence-electron chi connectivity index (χ0n) is 12.2. The summed E-state index contributed by atoms with van der Waals surface area (Å²) in [6.45, 7) is 3.82. The molecule has 1 aromatic rings. The SMILES string of the molecule is CCCC(=O)Oc1ccc(C2(C(=O)OC)CC2)cc1C. The van der Waals surface area contributed by atoms with Crippen LogP contribution in [0.4, 0.5) is 0 Å². The fourth-order valence-corrected chi connectivity index (χ4v) is 2.37. The Morgan fingerprint density at radius 3 is 2.50 bits per heavy atom. The lowest BCUT2D eigenvalue weighted by Gasteiger charge is -2.15. The molecule has 2 rings (SSSR count). The largest absolute Gasteiger partial charge is 0.468 e. The van der Waals surface area contributed by atoms with Gasteiger partial charge in [-0.3, -0.25) is 9.59 Å². The summed E-state index contributed by atoms with van der Waals surface area (Å²) in [7, 11) is 1.41. The van der Waals surface area contributed by atoms with Crippen molar-refractivity contribution in [2.24, 2.45) is 0 Å². The van der Waals surface area contributed by atoms with Crippen LogP contribution in [0.3, 0.4) is 0 Å². The smallest absolute Gasteiger partial charge is 0.316 e. The van der Waals surface area contributed by atoms with E-state index in [1.54, 1.807) is 6.07 Å². The first kappa shape index (κ1) is 14.6. The van der Waals surface area contributed by atoms with Crippen LogP contribution in [0.2, 0.25) is 0 Å². The number of rotatable bonds is 5. The molecule has 1 aromatic carbocycles. The zero-order valence-corrected chi connectivity index (χ0v) is 12.2. The lowest BCUT2D eigenvalue weighted by Crippen LogP contribution is -2.22. The summed E-state index contributed by atoms with van der Waals surface area (Å²) in [6.07, 6.45) is 2.80. The second-order valence-corrected chi connectivity index (χ2v) is 5.28. The molecule has 0 unspecified atom stereocenters. The molecule has 0 heterocycles. The lowest BCUT2D eigenvalue weighted by atomic mass is 9.94. The van der Waals surface area contributed by atoms with Crippen LogP contribution in [0.1, 0.15) is 43.7 Å². The van der Waals surface area contributed by atoms with Gasteiger partial charge in [0.1, 0.15) is 5.75 Å². The van der Waals surface area contributed by atoms with Gasteiger partial charge in [0.15, 0.2) is 0 Å². The number of aryl methyl sites for hydroxylation is 1. The number of benzene rings is 1. The molecular weight excluding hydrogens is 256 g/mol. The summed E-state index contributed by atoms with van der Waals surface area (Å²) in [5, 5.41) is 0. The Kier molecular flexibility index (Phi) is 4.12. The summed E-state index contributed by atoms with van der Waals surface area (Å²) in [5.74, 6) is 0.151. The summed E-state index contributed by atoms with van der Waals surface area (Å²) >= 11 is 0. The monoisotopic (exact) mass is 276 g/mol. The van der Waals surface area contributed by atoms with E-state index in [1.807, 2.05) is 26.0 Å². The van der Waals surface area contributed by atoms with Gasteiger partial charge in [0.05, 0.1) is 12.5 Å². The van der Waals surface area contributed by atoms with Crippen molar-refractivity contribution in [1.29, 1.82) is 0 Å². The van der Waals surface area contributed by atoms with Crippen LogP contribution in [-0.2, 0) is 19.7 Å². The van der Waals surface area contributed by atoms with Gasteiger partial charge in [-0.2, -0.15) is 0 Å². The minimum atomic E-state index is -0.481. The van der Waals surface area contributed by atoms with Gasteiger partial charge in [-0.1, -0.05) is 19.1 Å². The first-order valence-corrected chi connectivity index (χ1v) is 6.93. The molecule has 0 aliphatic heterocycles. The number of ether oxygens (including phenoxy) is 2. The van der Waals surface area contributed by atoms with Crippen molar-refractivity contribution in [2.45, 2.75) is 44.9 Å². The van der Waals surface area contributed by atoms with Gasteiger partial charge in [-0.25, -0.2) is 0 Å². The first-order valence-electron chi connectivity index (χ1n) is 6.93. The Hall–Kier alpha value is -1.84. The van der Waals surface area contributed by atoms with Crippen molar-refractivity contribution in [3.63, 3.8) is 0 Å². The molecule has 108 valence electrons. The molecule has 4 nitrogen and oxygen atoms in total. The third-order valence-electron chi connectivity index (χ3n) is 3.73. The Labute approximate surface area is 119 Å². The normalized spacial score (nSPS) is 15.6. The molecule has 1 saturated carbocycles. The molecule has 4 heteroatoms. The molecule has 0 atom stereocenters. The van der Waals surface area contributed by atoms with Crippen molar-refractivity contribution in [1.82, 2.24) is 0 Å². The fraction of sp³-hybridized carbons (Fsp3) is 0.500. The number of hydrogen-bond donors (Lipinski definition) is 0. The number of esters is 2. The molecule has 0 aromatic heterocycles. The molecule has 1 fully saturated rings. The highest BCUT2D eigenvalue weighted by Gasteiger charge is 2.52. The van der Waals surface area contributed by atoms with Crippen LogP contribution in [0.5, 0.6) is 5.75 Å². The predicted molar refractivity (Wildman–Crippen MR) is 74.7 cm³/mol. The van der Waals surface area contributed by atoms with Crippen molar-refractivity contribution in [3.8, 4) is 5.75 Å². The standard InChI is InChI=1S/C16H20O4/c1-4-5-14(17)20-13-7-6-12(10-11(13)2)16(8-9-16)15(18)19-3/h6-7,10H,4-5,8-9H2,1-3H3. The average molecular weight is 276 g/mol. The minimum absolute atomic E-state index is 0.187. The molecular formula is C16H20O4. The van der Waals surface area contributed by atoms with E-state index in [0.717, 1.165) is 30.4 Å². The Bertz CT molecular complexity index is 529. The van der Waals surface area contributed by atoms with Crippen LogP contribution in [0, 0.1) is 6.92 Å². The van der Waals surface area contributed by atoms with Crippen molar-refractivity contribution >= 4 is 11.9 Å². The first-order chi connectivity index (χ1) is 9.53. The third-order valence-corrected chi connectivity index (χ3v) is 3.73. The van der Waals surface area contributed by atoms with Gasteiger partial charge >= 0.3 is 11.9 Å². The van der Waals surface area contributed by atoms with Crippen LogP contribution in [0.25, 0.3) is 0 Å². The molecule has 1 aliphatic carbocycles. The molecule has 20 heavy (non-hydrogen) atoms. The van der Waals surface area contributed by atoms with Gasteiger partial charge < -0.3 is 9.47 Å². The van der Waals surface area contributed by atoms with Crippen molar-refractivity contribution < 1.29 is 19.1 Å². The summed E-state index contributed by atoms with van der Waals surface area (Å²) in [4.78, 5) is 23.4. The quantitative estimate of drug-likeness (QED) is 0.613. The fourth-order valence-electron chi connectivity index (χ4n) is 2.37. The van der Waals surface area contributed by atoms with Gasteiger partial charge in [-0.15, -0.1) is 0 Å². The average Bonchev–Trinajstić information content (AvgIpc) is 3.22. The number of hydrogen-bond acceptors (Lipinski definition) is 4. The number of carbonyl (C=O) groups excluding carboxylic acids is 2. The Morgan fingerprint density at radius 1 is 1.30 bits per heavy atom. The van der Waals surface area contributed by atoms with Crippen LogP contribution >= 0.6 is 0 Å². The molecule has 0 bridgehead atoms. The van der Waals surface area contributed by atoms with Crippen molar-refractivity contribution in [2.75, 3.05) is 7.11 Å². The number of carbonyl (C=O) groups is 2. The second-order valence-electron chi connectivity index (χ2n) is 5.28. The van der Waals surface area contributed by atoms with Gasteiger partial charge in [0.2, 0.25) is 0 Å². The predicted octanol–water partition coefficient (Wildman–Crippen LogP) is 2.91. The second kappa shape index (κ2) is 5.65. The van der Waals surface area contributed by atoms with E-state index < -0.39 is 5.41 Å². The Balaban J connectivity index is 2.18. The van der Waals surface area contributed by atoms with Crippen molar-refractivity contribution in [3.05, 3.63) is 29.3 Å². The molecule has 0 saturated heterocycles. The van der Waals surface area contributed by atoms with E-state index in [1.165, 1.54) is 7.11 Å². The topological polar surface area (TPSA) is 52.6 Å².